The van der Waals surface area contributed by atoms with Crippen molar-refractivity contribution in [3.8, 4) is 11.5 Å². The summed E-state index contributed by atoms with van der Waals surface area (Å²) in [5, 5.41) is 13.7. The molecule has 7 heteroatoms. The van der Waals surface area contributed by atoms with Crippen LogP contribution in [0.1, 0.15) is 33.6 Å². The van der Waals surface area contributed by atoms with Gasteiger partial charge in [0.05, 0.1) is 25.8 Å². The predicted octanol–water partition coefficient (Wildman–Crippen LogP) is 3.14. The van der Waals surface area contributed by atoms with Crippen LogP contribution in [0.25, 0.3) is 0 Å². The maximum absolute atomic E-state index is 10.4. The van der Waals surface area contributed by atoms with E-state index in [1.165, 1.54) is 0 Å². The number of methoxy groups -OCH3 is 1. The summed E-state index contributed by atoms with van der Waals surface area (Å²) >= 11 is 0. The zero-order valence-electron chi connectivity index (χ0n) is 16.6. The first-order valence-corrected chi connectivity index (χ1v) is 8.96. The second kappa shape index (κ2) is 13.0. The van der Waals surface area contributed by atoms with Crippen LogP contribution in [0.2, 0.25) is 0 Å². The molecule has 0 aliphatic carbocycles. The first-order valence-electron chi connectivity index (χ1n) is 8.96. The lowest BCUT2D eigenvalue weighted by Gasteiger charge is -2.26. The highest BCUT2D eigenvalue weighted by Gasteiger charge is 2.22. The lowest BCUT2D eigenvalue weighted by Crippen LogP contribution is -2.42. The van der Waals surface area contributed by atoms with Gasteiger partial charge in [-0.1, -0.05) is 13.8 Å². The number of nitrogens with zero attached hydrogens (tertiary/aromatic N) is 2. The third-order valence-corrected chi connectivity index (χ3v) is 4.29. The molecule has 1 rings (SSSR count). The lowest BCUT2D eigenvalue weighted by atomic mass is 9.98. The molecule has 0 aliphatic rings. The number of ether oxygens (including phenoxy) is 2. The Bertz CT molecular complexity index is 519. The molecule has 150 valence electrons. The zero-order chi connectivity index (χ0) is 18.7. The third kappa shape index (κ3) is 8.44. The first-order chi connectivity index (χ1) is 12.0. The topological polar surface area (TPSA) is 66.3 Å². The van der Waals surface area contributed by atoms with Crippen molar-refractivity contribution in [2.45, 2.75) is 39.2 Å². The highest BCUT2D eigenvalue weighted by atomic mass is 127. The summed E-state index contributed by atoms with van der Waals surface area (Å²) in [6.45, 7) is 8.40. The van der Waals surface area contributed by atoms with Gasteiger partial charge in [-0.25, -0.2) is 0 Å². The smallest absolute Gasteiger partial charge is 0.193 e. The molecule has 0 aromatic heterocycles. The third-order valence-electron chi connectivity index (χ3n) is 4.29. The number of aliphatic imine (C=N–C) groups is 1. The largest absolute Gasteiger partial charge is 0.497 e. The maximum Gasteiger partial charge on any atom is 0.193 e. The molecule has 0 aliphatic heterocycles. The van der Waals surface area contributed by atoms with Gasteiger partial charge in [-0.3, -0.25) is 4.99 Å². The van der Waals surface area contributed by atoms with Crippen molar-refractivity contribution in [1.29, 1.82) is 0 Å². The van der Waals surface area contributed by atoms with Gasteiger partial charge < -0.3 is 24.8 Å². The van der Waals surface area contributed by atoms with Crippen LogP contribution in [0, 0.1) is 0 Å². The number of rotatable bonds is 10. The fourth-order valence-electron chi connectivity index (χ4n) is 2.24. The van der Waals surface area contributed by atoms with Gasteiger partial charge in [0.2, 0.25) is 0 Å². The first kappa shape index (κ1) is 24.8. The Hall–Kier alpha value is -1.22. The molecule has 0 bridgehead atoms. The van der Waals surface area contributed by atoms with Crippen LogP contribution < -0.4 is 14.8 Å². The van der Waals surface area contributed by atoms with E-state index >= 15 is 0 Å². The summed E-state index contributed by atoms with van der Waals surface area (Å²) in [6, 6.07) is 7.53. The molecule has 6 nitrogen and oxygen atoms in total. The average Bonchev–Trinajstić information content (AvgIpc) is 2.65. The highest BCUT2D eigenvalue weighted by Crippen LogP contribution is 2.17. The van der Waals surface area contributed by atoms with Gasteiger partial charge in [0.15, 0.2) is 5.96 Å². The van der Waals surface area contributed by atoms with Crippen molar-refractivity contribution in [3.05, 3.63) is 24.3 Å². The van der Waals surface area contributed by atoms with Gasteiger partial charge in [0.1, 0.15) is 18.1 Å². The van der Waals surface area contributed by atoms with Crippen molar-refractivity contribution in [1.82, 2.24) is 10.2 Å². The predicted molar refractivity (Wildman–Crippen MR) is 118 cm³/mol. The number of aliphatic hydroxyl groups is 1. The molecule has 1 aromatic carbocycles. The van der Waals surface area contributed by atoms with Crippen LogP contribution in [0.3, 0.4) is 0 Å². The van der Waals surface area contributed by atoms with E-state index < -0.39 is 5.60 Å². The van der Waals surface area contributed by atoms with Gasteiger partial charge >= 0.3 is 0 Å². The molecule has 0 unspecified atom stereocenters. The van der Waals surface area contributed by atoms with Crippen LogP contribution in [-0.2, 0) is 0 Å². The number of guanidine groups is 1. The van der Waals surface area contributed by atoms with E-state index in [4.69, 9.17) is 9.47 Å². The van der Waals surface area contributed by atoms with Crippen LogP contribution in [0.5, 0.6) is 11.5 Å². The molecule has 2 N–H and O–H groups in total. The molecule has 0 radical (unpaired) electrons. The van der Waals surface area contributed by atoms with Crippen LogP contribution in [-0.4, -0.2) is 62.0 Å². The fraction of sp³-hybridized carbons (Fsp3) is 0.632. The van der Waals surface area contributed by atoms with Crippen molar-refractivity contribution >= 4 is 29.9 Å². The van der Waals surface area contributed by atoms with Gasteiger partial charge in [-0.05, 0) is 44.0 Å². The zero-order valence-corrected chi connectivity index (χ0v) is 18.9. The number of benzene rings is 1. The van der Waals surface area contributed by atoms with Crippen LogP contribution in [0.15, 0.2) is 29.3 Å². The average molecular weight is 479 g/mol. The number of likely N-dealkylation sites (N-methyl/N-ethyl adjacent to an activating group) is 1. The second-order valence-electron chi connectivity index (χ2n) is 6.05. The number of hydrogen-bond donors (Lipinski definition) is 2. The van der Waals surface area contributed by atoms with Gasteiger partial charge in [0.25, 0.3) is 0 Å². The summed E-state index contributed by atoms with van der Waals surface area (Å²) < 4.78 is 10.9. The molecule has 0 amide bonds. The molecule has 1 aromatic rings. The Labute approximate surface area is 175 Å². The van der Waals surface area contributed by atoms with Crippen molar-refractivity contribution in [2.24, 2.45) is 4.99 Å². The monoisotopic (exact) mass is 479 g/mol. The molecular weight excluding hydrogens is 445 g/mol. The molecule has 0 spiro atoms. The van der Waals surface area contributed by atoms with Gasteiger partial charge in [-0.2, -0.15) is 0 Å². The molecule has 0 saturated carbocycles. The van der Waals surface area contributed by atoms with E-state index in [0.29, 0.717) is 32.5 Å². The van der Waals surface area contributed by atoms with E-state index in [9.17, 15) is 5.11 Å². The Morgan fingerprint density at radius 2 is 1.73 bits per heavy atom. The van der Waals surface area contributed by atoms with Crippen molar-refractivity contribution in [2.75, 3.05) is 40.4 Å². The quantitative estimate of drug-likeness (QED) is 0.307. The Kier molecular flexibility index (Phi) is 12.4. The molecule has 0 atom stereocenters. The molecular formula is C19H34IN3O3. The standard InChI is InChI=1S/C19H33N3O3.HI/c1-6-19(23,7-2)15-21-18(20-8-3)22(4)13-14-25-17-11-9-16(24-5)10-12-17;/h9-12,23H,6-8,13-15H2,1-5H3,(H,20,21);1H. The molecule has 0 fully saturated rings. The highest BCUT2D eigenvalue weighted by molar-refractivity contribution is 14.0. The normalized spacial score (nSPS) is 11.5. The molecule has 26 heavy (non-hydrogen) atoms. The van der Waals surface area contributed by atoms with Gasteiger partial charge in [-0.15, -0.1) is 24.0 Å². The molecule has 0 saturated heterocycles. The maximum atomic E-state index is 10.4. The lowest BCUT2D eigenvalue weighted by molar-refractivity contribution is 0.0416. The van der Waals surface area contributed by atoms with Crippen LogP contribution >= 0.6 is 24.0 Å². The number of halogens is 1. The Balaban J connectivity index is 0.00000625. The Morgan fingerprint density at radius 1 is 1.15 bits per heavy atom. The van der Waals surface area contributed by atoms with Crippen molar-refractivity contribution in [3.63, 3.8) is 0 Å². The summed E-state index contributed by atoms with van der Waals surface area (Å²) in [4.78, 5) is 6.60. The van der Waals surface area contributed by atoms with Crippen LogP contribution in [0.4, 0.5) is 0 Å². The minimum Gasteiger partial charge on any atom is -0.497 e. The number of hydrogen-bond acceptors (Lipinski definition) is 4. The second-order valence-corrected chi connectivity index (χ2v) is 6.05. The van der Waals surface area contributed by atoms with Crippen molar-refractivity contribution < 1.29 is 14.6 Å². The van der Waals surface area contributed by atoms with E-state index in [-0.39, 0.29) is 24.0 Å². The van der Waals surface area contributed by atoms with E-state index in [1.54, 1.807) is 7.11 Å². The van der Waals surface area contributed by atoms with E-state index in [2.05, 4.69) is 10.3 Å². The summed E-state index contributed by atoms with van der Waals surface area (Å²) in [7, 11) is 3.61. The summed E-state index contributed by atoms with van der Waals surface area (Å²) in [5.41, 5.74) is -0.735. The fourth-order valence-corrected chi connectivity index (χ4v) is 2.24. The van der Waals surface area contributed by atoms with E-state index in [0.717, 1.165) is 24.0 Å². The van der Waals surface area contributed by atoms with E-state index in [1.807, 2.05) is 57.0 Å². The minimum absolute atomic E-state index is 0. The molecule has 0 heterocycles. The van der Waals surface area contributed by atoms with Gasteiger partial charge in [0, 0.05) is 13.6 Å². The number of nitrogens with one attached hydrogen (secondary N) is 1. The SMILES string of the molecule is CCNC(=NCC(O)(CC)CC)N(C)CCOc1ccc(OC)cc1.I. The summed E-state index contributed by atoms with van der Waals surface area (Å²) in [5.74, 6) is 2.40. The Morgan fingerprint density at radius 3 is 2.23 bits per heavy atom. The summed E-state index contributed by atoms with van der Waals surface area (Å²) in [6.07, 6.45) is 1.38. The minimum atomic E-state index is -0.735.